The van der Waals surface area contributed by atoms with Crippen LogP contribution < -0.4 is 9.39 Å². The zero-order valence-electron chi connectivity index (χ0n) is 13.5. The number of hydrogen-bond donors (Lipinski definition) is 0. The van der Waals surface area contributed by atoms with Crippen LogP contribution in [0.2, 0.25) is 0 Å². The minimum atomic E-state index is -1.06. The number of carbonyl (C=O) groups excluding carboxylic acids is 1. The Hall–Kier alpha value is -2.15. The number of benzene rings is 3. The van der Waals surface area contributed by atoms with Gasteiger partial charge in [-0.3, -0.25) is 0 Å². The van der Waals surface area contributed by atoms with Crippen molar-refractivity contribution < 1.29 is 50.0 Å². The van der Waals surface area contributed by atoms with Gasteiger partial charge in [-0.1, -0.05) is 23.8 Å². The molecule has 5 rings (SSSR count). The Morgan fingerprint density at radius 3 is 2.65 bits per heavy atom. The van der Waals surface area contributed by atoms with Crippen LogP contribution in [0.4, 0.5) is 0 Å². The molecule has 0 aromatic heterocycles. The standard InChI is InChI=1S/C20H10BO4.U/c21-25-12-9-10-16-18(11-12)23-17-8-4-3-7-15(17)20(16)14-6-2-1-5-13(14)19(22)24-20;/h1-3,5-11H;/q-1;. The van der Waals surface area contributed by atoms with Gasteiger partial charge in [-0.25, -0.2) is 4.79 Å². The van der Waals surface area contributed by atoms with Crippen LogP contribution in [-0.4, -0.2) is 14.0 Å². The van der Waals surface area contributed by atoms with E-state index in [1.54, 1.807) is 30.3 Å². The smallest absolute Gasteiger partial charge is 0.374 e. The van der Waals surface area contributed by atoms with Gasteiger partial charge in [0.2, 0.25) is 0 Å². The van der Waals surface area contributed by atoms with Crippen molar-refractivity contribution >= 4 is 14.0 Å². The Morgan fingerprint density at radius 2 is 1.81 bits per heavy atom. The van der Waals surface area contributed by atoms with Gasteiger partial charge in [0.1, 0.15) is 11.5 Å². The van der Waals surface area contributed by atoms with Crippen LogP contribution in [0.1, 0.15) is 27.0 Å². The first-order valence-electron chi connectivity index (χ1n) is 7.76. The van der Waals surface area contributed by atoms with Crippen molar-refractivity contribution in [3.63, 3.8) is 0 Å². The summed E-state index contributed by atoms with van der Waals surface area (Å²) in [6, 6.07) is 21.0. The first-order valence-corrected chi connectivity index (χ1v) is 7.76. The van der Waals surface area contributed by atoms with Crippen LogP contribution in [-0.2, 0) is 10.3 Å². The largest absolute Gasteiger partial charge is 0.568 e. The zero-order chi connectivity index (χ0) is 17.0. The summed E-state index contributed by atoms with van der Waals surface area (Å²) in [5, 5.41) is 0. The van der Waals surface area contributed by atoms with Crippen molar-refractivity contribution in [3.8, 4) is 17.2 Å². The van der Waals surface area contributed by atoms with Crippen LogP contribution in [0.15, 0.2) is 60.7 Å². The second kappa shape index (κ2) is 6.23. The van der Waals surface area contributed by atoms with Crippen LogP contribution in [0.5, 0.6) is 17.2 Å². The Bertz CT molecular complexity index is 1040. The molecular formula is C20H10BO4U-. The van der Waals surface area contributed by atoms with Gasteiger partial charge < -0.3 is 14.1 Å². The number of esters is 1. The summed E-state index contributed by atoms with van der Waals surface area (Å²) in [6.07, 6.45) is 0. The van der Waals surface area contributed by atoms with Crippen LogP contribution in [0.25, 0.3) is 0 Å². The third kappa shape index (κ3) is 2.19. The molecule has 0 N–H and O–H groups in total. The van der Waals surface area contributed by atoms with Gasteiger partial charge in [-0.15, -0.1) is 6.07 Å². The first-order chi connectivity index (χ1) is 12.2. The topological polar surface area (TPSA) is 44.8 Å². The Labute approximate surface area is 175 Å². The molecule has 0 amide bonds. The summed E-state index contributed by atoms with van der Waals surface area (Å²) in [6.45, 7) is 0. The summed E-state index contributed by atoms with van der Waals surface area (Å²) in [7, 11) is 5.27. The average molecular weight is 563 g/mol. The van der Waals surface area contributed by atoms with E-state index < -0.39 is 5.60 Å². The molecule has 1 atom stereocenters. The molecule has 0 saturated heterocycles. The SMILES string of the molecule is [B]Oc1ccc2c(c1)Oc1c[c-]ccc1C21OC(=O)c2ccccc21.[U]. The molecule has 0 saturated carbocycles. The van der Waals surface area contributed by atoms with E-state index in [9.17, 15) is 4.79 Å². The minimum Gasteiger partial charge on any atom is -0.568 e. The first kappa shape index (κ1) is 17.3. The third-order valence-electron chi connectivity index (χ3n) is 4.67. The molecule has 4 nitrogen and oxygen atoms in total. The molecule has 122 valence electrons. The molecule has 6 heteroatoms. The van der Waals surface area contributed by atoms with Gasteiger partial charge >= 0.3 is 14.0 Å². The maximum absolute atomic E-state index is 12.6. The fraction of sp³-hybridized carbons (Fsp3) is 0.0500. The van der Waals surface area contributed by atoms with E-state index in [1.165, 1.54) is 0 Å². The van der Waals surface area contributed by atoms with E-state index in [2.05, 4.69) is 6.07 Å². The van der Waals surface area contributed by atoms with Crippen molar-refractivity contribution in [2.24, 2.45) is 0 Å². The maximum Gasteiger partial charge on any atom is 0.374 e. The number of fused-ring (bicyclic) bond motifs is 6. The molecule has 0 bridgehead atoms. The van der Waals surface area contributed by atoms with Crippen molar-refractivity contribution in [3.05, 3.63) is 89.0 Å². The molecule has 2 heterocycles. The Kier molecular flexibility index (Phi) is 4.14. The van der Waals surface area contributed by atoms with Gasteiger partial charge in [-0.05, 0) is 18.2 Å². The monoisotopic (exact) mass is 563 g/mol. The number of rotatable bonds is 1. The molecule has 3 aromatic carbocycles. The number of carbonyl (C=O) groups is 1. The van der Waals surface area contributed by atoms with Gasteiger partial charge in [-0.2, -0.15) is 18.2 Å². The van der Waals surface area contributed by atoms with Crippen molar-refractivity contribution in [1.29, 1.82) is 0 Å². The molecule has 2 aliphatic heterocycles. The summed E-state index contributed by atoms with van der Waals surface area (Å²) >= 11 is 0. The van der Waals surface area contributed by atoms with Crippen LogP contribution >= 0.6 is 0 Å². The second-order valence-corrected chi connectivity index (χ2v) is 5.92. The van der Waals surface area contributed by atoms with Crippen molar-refractivity contribution in [2.75, 3.05) is 0 Å². The molecule has 26 heavy (non-hydrogen) atoms. The summed E-state index contributed by atoms with van der Waals surface area (Å²) in [5.74, 6) is 1.20. The van der Waals surface area contributed by atoms with Crippen molar-refractivity contribution in [1.82, 2.24) is 0 Å². The average Bonchev–Trinajstić information content (AvgIpc) is 2.95. The molecular weight excluding hydrogens is 553 g/mol. The van der Waals surface area contributed by atoms with Gasteiger partial charge in [0.05, 0.1) is 5.56 Å². The van der Waals surface area contributed by atoms with Gasteiger partial charge in [0.15, 0.2) is 5.60 Å². The second-order valence-electron chi connectivity index (χ2n) is 5.92. The van der Waals surface area contributed by atoms with E-state index >= 15 is 0 Å². The predicted octanol–water partition coefficient (Wildman–Crippen LogP) is 3.52. The molecule has 1 unspecified atom stereocenters. The Morgan fingerprint density at radius 1 is 1.00 bits per heavy atom. The maximum atomic E-state index is 12.6. The normalized spacial score (nSPS) is 18.7. The number of hydrogen-bond acceptors (Lipinski definition) is 4. The van der Waals surface area contributed by atoms with Crippen LogP contribution in [0, 0.1) is 37.2 Å². The molecule has 0 fully saturated rings. The predicted molar refractivity (Wildman–Crippen MR) is 89.9 cm³/mol. The summed E-state index contributed by atoms with van der Waals surface area (Å²) in [4.78, 5) is 12.6. The van der Waals surface area contributed by atoms with E-state index in [1.807, 2.05) is 30.3 Å². The van der Waals surface area contributed by atoms with E-state index in [0.29, 0.717) is 22.8 Å². The number of ether oxygens (including phenoxy) is 2. The fourth-order valence-corrected chi connectivity index (χ4v) is 3.62. The Balaban J connectivity index is 0.00000168. The molecule has 2 aliphatic rings. The van der Waals surface area contributed by atoms with Gasteiger partial charge in [0, 0.05) is 54.1 Å². The fourth-order valence-electron chi connectivity index (χ4n) is 3.62. The van der Waals surface area contributed by atoms with Gasteiger partial charge in [0.25, 0.3) is 0 Å². The summed E-state index contributed by atoms with van der Waals surface area (Å²) < 4.78 is 16.8. The summed E-state index contributed by atoms with van der Waals surface area (Å²) in [5.41, 5.74) is 1.77. The molecule has 1 spiro atoms. The molecule has 3 aromatic rings. The molecule has 0 aliphatic carbocycles. The van der Waals surface area contributed by atoms with Crippen molar-refractivity contribution in [2.45, 2.75) is 5.60 Å². The van der Waals surface area contributed by atoms with E-state index in [0.717, 1.165) is 16.7 Å². The van der Waals surface area contributed by atoms with E-state index in [-0.39, 0.29) is 37.1 Å². The zero-order valence-corrected chi connectivity index (χ0v) is 17.6. The third-order valence-corrected chi connectivity index (χ3v) is 4.67. The minimum absolute atomic E-state index is 0. The quantitative estimate of drug-likeness (QED) is 0.259. The van der Waals surface area contributed by atoms with E-state index in [4.69, 9.17) is 22.2 Å². The molecule has 2 radical (unpaired) electrons. The van der Waals surface area contributed by atoms with Crippen LogP contribution in [0.3, 0.4) is 0 Å².